The lowest BCUT2D eigenvalue weighted by Gasteiger charge is -2.22. The van der Waals surface area contributed by atoms with Gasteiger partial charge in [-0.05, 0) is 26.0 Å². The molecule has 1 aromatic rings. The van der Waals surface area contributed by atoms with Crippen molar-refractivity contribution in [3.63, 3.8) is 0 Å². The lowest BCUT2D eigenvalue weighted by Crippen LogP contribution is -2.44. The molecule has 3 N–H and O–H groups in total. The molecule has 0 aliphatic carbocycles. The average Bonchev–Trinajstić information content (AvgIpc) is 2.35. The summed E-state index contributed by atoms with van der Waals surface area (Å²) >= 11 is 4.76. The summed E-state index contributed by atoms with van der Waals surface area (Å²) in [6.07, 6.45) is 2.42. The van der Waals surface area contributed by atoms with Gasteiger partial charge in [0.1, 0.15) is 15.6 Å². The average molecular weight is 351 g/mol. The Labute approximate surface area is 129 Å². The summed E-state index contributed by atoms with van der Waals surface area (Å²) in [7, 11) is -7.40. The minimum atomic E-state index is -3.97. The van der Waals surface area contributed by atoms with Crippen LogP contribution in [0.25, 0.3) is 0 Å². The monoisotopic (exact) mass is 351 g/mol. The molecule has 7 nitrogen and oxygen atoms in total. The Balaban J connectivity index is 3.13. The summed E-state index contributed by atoms with van der Waals surface area (Å²) in [6.45, 7) is 2.59. The molecular formula is C11H17N3O4S3. The number of nitrogens with two attached hydrogens (primary N) is 1. The van der Waals surface area contributed by atoms with E-state index in [1.165, 1.54) is 32.2 Å². The van der Waals surface area contributed by atoms with Crippen molar-refractivity contribution in [2.24, 2.45) is 5.73 Å². The Morgan fingerprint density at radius 3 is 2.43 bits per heavy atom. The van der Waals surface area contributed by atoms with Crippen LogP contribution in [0.4, 0.5) is 0 Å². The van der Waals surface area contributed by atoms with Crippen LogP contribution < -0.4 is 10.5 Å². The zero-order valence-electron chi connectivity index (χ0n) is 11.8. The first-order valence-corrected chi connectivity index (χ1v) is 9.61. The van der Waals surface area contributed by atoms with Gasteiger partial charge in [-0.2, -0.15) is 0 Å². The van der Waals surface area contributed by atoms with Crippen molar-refractivity contribution in [2.75, 3.05) is 12.8 Å². The molecule has 10 heteroatoms. The Bertz CT molecular complexity index is 755. The minimum Gasteiger partial charge on any atom is -0.388 e. The minimum absolute atomic E-state index is 0.0304. The van der Waals surface area contributed by atoms with Gasteiger partial charge in [-0.25, -0.2) is 21.6 Å². The van der Waals surface area contributed by atoms with Gasteiger partial charge in [-0.15, -0.1) is 0 Å². The molecule has 1 rings (SSSR count). The van der Waals surface area contributed by atoms with Gasteiger partial charge in [0, 0.05) is 19.0 Å². The number of nitrogens with zero attached hydrogens (tertiary/aromatic N) is 1. The number of hydrogen-bond donors (Lipinski definition) is 2. The predicted molar refractivity (Wildman–Crippen MR) is 84.2 cm³/mol. The second kappa shape index (κ2) is 5.95. The Kier molecular flexibility index (Phi) is 5.09. The van der Waals surface area contributed by atoms with E-state index in [0.717, 1.165) is 6.26 Å². The van der Waals surface area contributed by atoms with Gasteiger partial charge in [0.2, 0.25) is 10.0 Å². The van der Waals surface area contributed by atoms with Crippen LogP contribution in [0.5, 0.6) is 0 Å². The van der Waals surface area contributed by atoms with Gasteiger partial charge in [-0.1, -0.05) is 12.2 Å². The van der Waals surface area contributed by atoms with Crippen molar-refractivity contribution in [1.82, 2.24) is 9.71 Å². The summed E-state index contributed by atoms with van der Waals surface area (Å²) in [5.41, 5.74) is 5.41. The van der Waals surface area contributed by atoms with Gasteiger partial charge < -0.3 is 5.73 Å². The van der Waals surface area contributed by atoms with Crippen molar-refractivity contribution in [3.8, 4) is 0 Å². The lowest BCUT2D eigenvalue weighted by molar-refractivity contribution is 0.537. The first kappa shape index (κ1) is 18.0. The highest BCUT2D eigenvalue weighted by Crippen LogP contribution is 2.17. The van der Waals surface area contributed by atoms with E-state index in [9.17, 15) is 16.8 Å². The highest BCUT2D eigenvalue weighted by atomic mass is 32.2. The van der Waals surface area contributed by atoms with Crippen LogP contribution in [0, 0.1) is 0 Å². The topological polar surface area (TPSA) is 119 Å². The van der Waals surface area contributed by atoms with E-state index < -0.39 is 24.6 Å². The summed E-state index contributed by atoms with van der Waals surface area (Å²) in [5.74, 6) is 0. The van der Waals surface area contributed by atoms with Gasteiger partial charge >= 0.3 is 0 Å². The number of sulfonamides is 1. The number of aromatic nitrogens is 1. The van der Waals surface area contributed by atoms with Gasteiger partial charge in [0.15, 0.2) is 9.84 Å². The van der Waals surface area contributed by atoms with Crippen LogP contribution >= 0.6 is 12.2 Å². The maximum absolute atomic E-state index is 12.3. The maximum atomic E-state index is 12.3. The summed E-state index contributed by atoms with van der Waals surface area (Å²) in [6, 6.07) is 2.73. The van der Waals surface area contributed by atoms with Gasteiger partial charge in [-0.3, -0.25) is 4.98 Å². The molecule has 0 saturated carbocycles. The van der Waals surface area contributed by atoms with E-state index in [0.29, 0.717) is 0 Å². The first-order chi connectivity index (χ1) is 9.38. The fourth-order valence-corrected chi connectivity index (χ4v) is 3.30. The van der Waals surface area contributed by atoms with E-state index in [-0.39, 0.29) is 22.1 Å². The van der Waals surface area contributed by atoms with Crippen LogP contribution in [-0.4, -0.2) is 44.4 Å². The molecule has 0 spiro atoms. The van der Waals surface area contributed by atoms with E-state index >= 15 is 0 Å². The molecule has 0 radical (unpaired) electrons. The number of sulfone groups is 1. The van der Waals surface area contributed by atoms with Crippen LogP contribution in [0.3, 0.4) is 0 Å². The molecule has 1 aromatic heterocycles. The molecule has 0 fully saturated rings. The number of thiocarbonyl (C=S) groups is 1. The second-order valence-corrected chi connectivity index (χ2v) is 9.90. The third-order valence-electron chi connectivity index (χ3n) is 2.99. The third-order valence-corrected chi connectivity index (χ3v) is 6.76. The number of nitrogens with one attached hydrogen (secondary N) is 1. The number of rotatable bonds is 6. The normalized spacial score (nSPS) is 13.1. The third kappa shape index (κ3) is 4.19. The Hall–Kier alpha value is -1.10. The van der Waals surface area contributed by atoms with Crippen LogP contribution in [0.1, 0.15) is 19.5 Å². The van der Waals surface area contributed by atoms with Crippen LogP contribution in [-0.2, 0) is 19.9 Å². The zero-order valence-corrected chi connectivity index (χ0v) is 14.3. The SMILES string of the molecule is CC(C)(CNS(=O)(=O)c1cccnc1C(N)=S)S(C)(=O)=O. The Morgan fingerprint density at radius 2 is 1.95 bits per heavy atom. The molecular weight excluding hydrogens is 334 g/mol. The number of pyridine rings is 1. The zero-order chi connectivity index (χ0) is 16.5. The molecule has 0 amide bonds. The van der Waals surface area contributed by atoms with Crippen molar-refractivity contribution < 1.29 is 16.8 Å². The lowest BCUT2D eigenvalue weighted by atomic mass is 10.2. The molecule has 0 bridgehead atoms. The van der Waals surface area contributed by atoms with Crippen LogP contribution in [0.2, 0.25) is 0 Å². The van der Waals surface area contributed by atoms with Crippen molar-refractivity contribution >= 4 is 37.1 Å². The van der Waals surface area contributed by atoms with Crippen molar-refractivity contribution in [2.45, 2.75) is 23.5 Å². The summed E-state index contributed by atoms with van der Waals surface area (Å²) in [4.78, 5) is 3.50. The molecule has 1 heterocycles. The molecule has 0 aromatic carbocycles. The molecule has 21 heavy (non-hydrogen) atoms. The summed E-state index contributed by atoms with van der Waals surface area (Å²) in [5, 5.41) is 0. The molecule has 0 aliphatic rings. The second-order valence-electron chi connectivity index (χ2n) is 5.07. The fourth-order valence-electron chi connectivity index (χ4n) is 1.27. The largest absolute Gasteiger partial charge is 0.388 e. The standard InChI is InChI=1S/C11H17N3O4S3/c1-11(2,20(3,15)16)7-14-21(17,18)8-5-4-6-13-9(8)10(12)19/h4-6,14H,7H2,1-3H3,(H2,12,19). The first-order valence-electron chi connectivity index (χ1n) is 5.82. The highest BCUT2D eigenvalue weighted by Gasteiger charge is 2.32. The molecule has 0 saturated heterocycles. The Morgan fingerprint density at radius 1 is 1.38 bits per heavy atom. The fraction of sp³-hybridized carbons (Fsp3) is 0.455. The van der Waals surface area contributed by atoms with Gasteiger partial charge in [0.25, 0.3) is 0 Å². The maximum Gasteiger partial charge on any atom is 0.242 e. The molecule has 0 aliphatic heterocycles. The highest BCUT2D eigenvalue weighted by molar-refractivity contribution is 7.92. The molecule has 0 atom stereocenters. The molecule has 118 valence electrons. The van der Waals surface area contributed by atoms with Crippen molar-refractivity contribution in [3.05, 3.63) is 24.0 Å². The molecule has 0 unspecified atom stereocenters. The van der Waals surface area contributed by atoms with E-state index in [4.69, 9.17) is 18.0 Å². The smallest absolute Gasteiger partial charge is 0.242 e. The van der Waals surface area contributed by atoms with Gasteiger partial charge in [0.05, 0.1) is 4.75 Å². The van der Waals surface area contributed by atoms with E-state index in [1.54, 1.807) is 0 Å². The predicted octanol–water partition coefficient (Wildman–Crippen LogP) is -0.183. The quantitative estimate of drug-likeness (QED) is 0.682. The van der Waals surface area contributed by atoms with E-state index in [2.05, 4.69) is 9.71 Å². The summed E-state index contributed by atoms with van der Waals surface area (Å²) < 4.78 is 48.7. The van der Waals surface area contributed by atoms with Crippen molar-refractivity contribution in [1.29, 1.82) is 0 Å². The van der Waals surface area contributed by atoms with E-state index in [1.807, 2.05) is 0 Å². The number of hydrogen-bond acceptors (Lipinski definition) is 6. The van der Waals surface area contributed by atoms with Crippen LogP contribution in [0.15, 0.2) is 23.2 Å².